The molecule has 0 aromatic heterocycles. The summed E-state index contributed by atoms with van der Waals surface area (Å²) in [5, 5.41) is 0. The second-order valence-corrected chi connectivity index (χ2v) is 5.57. The predicted molar refractivity (Wildman–Crippen MR) is 95.0 cm³/mol. The van der Waals surface area contributed by atoms with E-state index < -0.39 is 12.3 Å². The molecule has 2 saturated carbocycles. The van der Waals surface area contributed by atoms with E-state index in [2.05, 4.69) is 6.92 Å². The molecule has 2 rings (SSSR count). The minimum atomic E-state index is -0.895. The average molecular weight is 329 g/mol. The standard InChI is InChI=1S/C7H12F2.C7H14.2C2H6.2H2O/c1-5-6(8)3-2-4-7(5)9;1-7-5-3-2-4-6-7;2*1-2;;/h5-7H,2-4H2,1H3;7H,2-6H2,1H3;2*1-2H3;2*1H2. The van der Waals surface area contributed by atoms with Crippen molar-refractivity contribution in [2.24, 2.45) is 11.8 Å². The molecule has 0 spiro atoms. The summed E-state index contributed by atoms with van der Waals surface area (Å²) in [6.07, 6.45) is 7.48. The molecule has 2 nitrogen and oxygen atoms in total. The zero-order valence-electron chi connectivity index (χ0n) is 15.7. The Morgan fingerprint density at radius 3 is 1.18 bits per heavy atom. The summed E-state index contributed by atoms with van der Waals surface area (Å²) < 4.78 is 25.2. The Morgan fingerprint density at radius 2 is 0.955 bits per heavy atom. The maximum Gasteiger partial charge on any atom is 0.105 e. The third kappa shape index (κ3) is 14.7. The van der Waals surface area contributed by atoms with Crippen LogP contribution in [0.2, 0.25) is 0 Å². The van der Waals surface area contributed by atoms with Crippen molar-refractivity contribution in [1.82, 2.24) is 0 Å². The minimum absolute atomic E-state index is 0. The zero-order valence-corrected chi connectivity index (χ0v) is 15.7. The molecule has 4 N–H and O–H groups in total. The van der Waals surface area contributed by atoms with Crippen LogP contribution in [-0.4, -0.2) is 23.3 Å². The first-order chi connectivity index (χ1) is 9.61. The molecule has 22 heavy (non-hydrogen) atoms. The average Bonchev–Trinajstić information content (AvgIpc) is 2.50. The summed E-state index contributed by atoms with van der Waals surface area (Å²) in [6, 6.07) is 0. The van der Waals surface area contributed by atoms with Crippen molar-refractivity contribution >= 4 is 0 Å². The van der Waals surface area contributed by atoms with Crippen LogP contribution in [0.3, 0.4) is 0 Å². The van der Waals surface area contributed by atoms with Gasteiger partial charge in [0.15, 0.2) is 0 Å². The Morgan fingerprint density at radius 1 is 0.591 bits per heavy atom. The first-order valence-electron chi connectivity index (χ1n) is 8.89. The fourth-order valence-corrected chi connectivity index (χ4v) is 2.57. The highest BCUT2D eigenvalue weighted by molar-refractivity contribution is 4.78. The van der Waals surface area contributed by atoms with Gasteiger partial charge in [-0.1, -0.05) is 73.6 Å². The fraction of sp³-hybridized carbons (Fsp3) is 1.00. The Bertz CT molecular complexity index is 176. The topological polar surface area (TPSA) is 63.0 Å². The van der Waals surface area contributed by atoms with Gasteiger partial charge < -0.3 is 11.0 Å². The SMILES string of the molecule is CC.CC.CC1C(F)CCCC1F.CC1CCCCC1.O.O. The predicted octanol–water partition coefficient (Wildman–Crippen LogP) is 5.47. The van der Waals surface area contributed by atoms with E-state index in [0.717, 1.165) is 5.92 Å². The van der Waals surface area contributed by atoms with Crippen LogP contribution in [0.4, 0.5) is 8.78 Å². The molecule has 0 heterocycles. The Labute approximate surface area is 137 Å². The molecule has 0 aliphatic heterocycles. The number of hydrogen-bond acceptors (Lipinski definition) is 0. The molecule has 0 saturated heterocycles. The second kappa shape index (κ2) is 20.8. The largest absolute Gasteiger partial charge is 0.412 e. The number of alkyl halides is 2. The molecule has 0 bridgehead atoms. The van der Waals surface area contributed by atoms with Crippen molar-refractivity contribution in [3.8, 4) is 0 Å². The van der Waals surface area contributed by atoms with Crippen LogP contribution in [0.1, 0.15) is 92.9 Å². The van der Waals surface area contributed by atoms with Crippen molar-refractivity contribution in [2.75, 3.05) is 0 Å². The highest BCUT2D eigenvalue weighted by Gasteiger charge is 2.29. The lowest BCUT2D eigenvalue weighted by molar-refractivity contribution is 0.0882. The molecule has 0 radical (unpaired) electrons. The summed E-state index contributed by atoms with van der Waals surface area (Å²) in [6.45, 7) is 12.0. The van der Waals surface area contributed by atoms with E-state index in [9.17, 15) is 8.78 Å². The molecule has 2 fully saturated rings. The molecule has 2 aliphatic carbocycles. The van der Waals surface area contributed by atoms with Crippen molar-refractivity contribution < 1.29 is 19.7 Å². The van der Waals surface area contributed by atoms with Gasteiger partial charge in [-0.05, 0) is 25.2 Å². The van der Waals surface area contributed by atoms with Crippen LogP contribution in [0.25, 0.3) is 0 Å². The third-order valence-electron chi connectivity index (χ3n) is 3.99. The van der Waals surface area contributed by atoms with Gasteiger partial charge in [-0.15, -0.1) is 0 Å². The minimum Gasteiger partial charge on any atom is -0.412 e. The quantitative estimate of drug-likeness (QED) is 0.566. The van der Waals surface area contributed by atoms with Crippen molar-refractivity contribution in [3.63, 3.8) is 0 Å². The van der Waals surface area contributed by atoms with Crippen LogP contribution < -0.4 is 0 Å². The van der Waals surface area contributed by atoms with Gasteiger partial charge in [0.05, 0.1) is 0 Å². The van der Waals surface area contributed by atoms with Crippen molar-refractivity contribution in [3.05, 3.63) is 0 Å². The van der Waals surface area contributed by atoms with E-state index in [4.69, 9.17) is 0 Å². The van der Waals surface area contributed by atoms with E-state index in [1.807, 2.05) is 27.7 Å². The molecular formula is C18H42F2O2. The maximum atomic E-state index is 12.6. The van der Waals surface area contributed by atoms with Gasteiger partial charge >= 0.3 is 0 Å². The third-order valence-corrected chi connectivity index (χ3v) is 3.99. The van der Waals surface area contributed by atoms with E-state index in [1.165, 1.54) is 32.1 Å². The molecule has 2 atom stereocenters. The van der Waals surface area contributed by atoms with Crippen LogP contribution in [0, 0.1) is 11.8 Å². The number of rotatable bonds is 0. The summed E-state index contributed by atoms with van der Waals surface area (Å²) >= 11 is 0. The van der Waals surface area contributed by atoms with Gasteiger partial charge in [-0.3, -0.25) is 0 Å². The van der Waals surface area contributed by atoms with Gasteiger partial charge in [0.25, 0.3) is 0 Å². The first-order valence-corrected chi connectivity index (χ1v) is 8.89. The summed E-state index contributed by atoms with van der Waals surface area (Å²) in [7, 11) is 0. The van der Waals surface area contributed by atoms with Gasteiger partial charge in [-0.25, -0.2) is 8.78 Å². The summed E-state index contributed by atoms with van der Waals surface area (Å²) in [5.41, 5.74) is 0. The Kier molecular flexibility index (Phi) is 28.1. The van der Waals surface area contributed by atoms with Crippen LogP contribution in [0.15, 0.2) is 0 Å². The van der Waals surface area contributed by atoms with E-state index in [1.54, 1.807) is 6.92 Å². The zero-order chi connectivity index (χ0) is 16.0. The molecule has 4 heteroatoms. The number of hydrogen-bond donors (Lipinski definition) is 0. The lowest BCUT2D eigenvalue weighted by Crippen LogP contribution is -2.28. The van der Waals surface area contributed by atoms with E-state index >= 15 is 0 Å². The molecule has 140 valence electrons. The lowest BCUT2D eigenvalue weighted by atomic mass is 9.87. The smallest absolute Gasteiger partial charge is 0.105 e. The van der Waals surface area contributed by atoms with Gasteiger partial charge in [0.2, 0.25) is 0 Å². The molecular weight excluding hydrogens is 286 g/mol. The van der Waals surface area contributed by atoms with Crippen LogP contribution >= 0.6 is 0 Å². The summed E-state index contributed by atoms with van der Waals surface area (Å²) in [4.78, 5) is 0. The van der Waals surface area contributed by atoms with Crippen molar-refractivity contribution in [2.45, 2.75) is 105 Å². The monoisotopic (exact) mass is 328 g/mol. The lowest BCUT2D eigenvalue weighted by Gasteiger charge is -2.25. The Balaban J connectivity index is -0.000000113. The molecule has 0 aromatic carbocycles. The number of halogens is 2. The fourth-order valence-electron chi connectivity index (χ4n) is 2.57. The highest BCUT2D eigenvalue weighted by atomic mass is 19.1. The molecule has 0 amide bonds. The van der Waals surface area contributed by atoms with Gasteiger partial charge in [0, 0.05) is 5.92 Å². The molecule has 2 aliphatic rings. The van der Waals surface area contributed by atoms with Gasteiger partial charge in [0.1, 0.15) is 12.3 Å². The van der Waals surface area contributed by atoms with Crippen LogP contribution in [0.5, 0.6) is 0 Å². The normalized spacial score (nSPS) is 27.0. The molecule has 0 aromatic rings. The second-order valence-electron chi connectivity index (χ2n) is 5.57. The highest BCUT2D eigenvalue weighted by Crippen LogP contribution is 2.28. The van der Waals surface area contributed by atoms with E-state index in [-0.39, 0.29) is 16.9 Å². The molecule has 2 unspecified atom stereocenters. The first kappa shape index (κ1) is 29.7. The van der Waals surface area contributed by atoms with E-state index in [0.29, 0.717) is 19.3 Å². The Hall–Kier alpha value is -0.220. The summed E-state index contributed by atoms with van der Waals surface area (Å²) in [5.74, 6) is 0.674. The maximum absolute atomic E-state index is 12.6. The van der Waals surface area contributed by atoms with Crippen molar-refractivity contribution in [1.29, 1.82) is 0 Å². The van der Waals surface area contributed by atoms with Gasteiger partial charge in [-0.2, -0.15) is 0 Å². The van der Waals surface area contributed by atoms with Crippen LogP contribution in [-0.2, 0) is 0 Å².